The molecule has 0 saturated heterocycles. The number of aromatic nitrogens is 1. The van der Waals surface area contributed by atoms with Crippen molar-refractivity contribution in [3.05, 3.63) is 59.9 Å². The Morgan fingerprint density at radius 2 is 1.48 bits per heavy atom. The van der Waals surface area contributed by atoms with Crippen LogP contribution in [0.4, 0.5) is 5.69 Å². The zero-order valence-electron chi connectivity index (χ0n) is 13.9. The van der Waals surface area contributed by atoms with Crippen molar-refractivity contribution in [2.45, 2.75) is 33.2 Å². The lowest BCUT2D eigenvalue weighted by atomic mass is 10.1. The normalized spacial score (nSPS) is 14.0. The molecule has 2 aromatic rings. The fourth-order valence-electron chi connectivity index (χ4n) is 2.44. The zero-order valence-corrected chi connectivity index (χ0v) is 13.9. The molecular weight excluding hydrogens is 288 g/mol. The third-order valence-electron chi connectivity index (χ3n) is 3.79. The van der Waals surface area contributed by atoms with Crippen LogP contribution in [0, 0.1) is 0 Å². The second kappa shape index (κ2) is 7.90. The van der Waals surface area contributed by atoms with Crippen molar-refractivity contribution in [2.24, 2.45) is 0 Å². The fraction of sp³-hybridized carbons (Fsp3) is 0.316. The van der Waals surface area contributed by atoms with Crippen LogP contribution >= 0.6 is 0 Å². The molecule has 122 valence electrons. The number of anilines is 1. The molecule has 0 saturated carbocycles. The van der Waals surface area contributed by atoms with E-state index in [0.717, 1.165) is 23.4 Å². The third kappa shape index (κ3) is 4.65. The Morgan fingerprint density at radius 3 is 1.91 bits per heavy atom. The molecule has 0 amide bonds. The zero-order chi connectivity index (χ0) is 16.8. The van der Waals surface area contributed by atoms with Crippen LogP contribution < -0.4 is 9.47 Å². The second-order valence-corrected chi connectivity index (χ2v) is 5.55. The van der Waals surface area contributed by atoms with Gasteiger partial charge in [-0.15, -0.1) is 0 Å². The van der Waals surface area contributed by atoms with Crippen molar-refractivity contribution >= 4 is 17.8 Å². The molecule has 0 spiro atoms. The summed E-state index contributed by atoms with van der Waals surface area (Å²) < 4.78 is 1.74. The molecule has 2 rings (SSSR count). The van der Waals surface area contributed by atoms with Crippen LogP contribution in [0.2, 0.25) is 0 Å². The van der Waals surface area contributed by atoms with E-state index >= 15 is 0 Å². The summed E-state index contributed by atoms with van der Waals surface area (Å²) in [4.78, 5) is 1.93. The van der Waals surface area contributed by atoms with Gasteiger partial charge in [0.05, 0.1) is 0 Å². The molecule has 0 aliphatic rings. The van der Waals surface area contributed by atoms with Crippen LogP contribution in [0.1, 0.15) is 38.1 Å². The van der Waals surface area contributed by atoms with Gasteiger partial charge >= 0.3 is 0 Å². The second-order valence-electron chi connectivity index (χ2n) is 5.55. The first-order chi connectivity index (χ1) is 11.0. The van der Waals surface area contributed by atoms with E-state index < -0.39 is 12.5 Å². The fourth-order valence-corrected chi connectivity index (χ4v) is 2.44. The van der Waals surface area contributed by atoms with Gasteiger partial charge in [0.2, 0.25) is 0 Å². The smallest absolute Gasteiger partial charge is 0.257 e. The predicted octanol–water partition coefficient (Wildman–Crippen LogP) is 2.82. The molecule has 2 N–H and O–H groups in total. The number of benzene rings is 1. The summed E-state index contributed by atoms with van der Waals surface area (Å²) >= 11 is 0. The monoisotopic (exact) mass is 313 g/mol. The van der Waals surface area contributed by atoms with Gasteiger partial charge in [-0.05, 0) is 37.1 Å². The van der Waals surface area contributed by atoms with Crippen LogP contribution in [0.25, 0.3) is 12.2 Å². The van der Waals surface area contributed by atoms with E-state index in [-0.39, 0.29) is 0 Å². The van der Waals surface area contributed by atoms with Crippen molar-refractivity contribution in [2.75, 3.05) is 11.4 Å². The highest BCUT2D eigenvalue weighted by atomic mass is 16.3. The maximum Gasteiger partial charge on any atom is 0.257 e. The molecule has 0 bridgehead atoms. The Balaban J connectivity index is 2.08. The summed E-state index contributed by atoms with van der Waals surface area (Å²) in [5, 5.41) is 19.2. The molecule has 23 heavy (non-hydrogen) atoms. The minimum absolute atomic E-state index is 0.494. The van der Waals surface area contributed by atoms with Crippen molar-refractivity contribution in [1.82, 2.24) is 0 Å². The number of hydrogen-bond acceptors (Lipinski definition) is 3. The summed E-state index contributed by atoms with van der Waals surface area (Å²) in [5.41, 5.74) is 3.19. The Kier molecular flexibility index (Phi) is 5.90. The average molecular weight is 313 g/mol. The summed E-state index contributed by atoms with van der Waals surface area (Å²) in [5.74, 6) is 0. The molecule has 0 aliphatic carbocycles. The molecule has 1 heterocycles. The van der Waals surface area contributed by atoms with E-state index in [0.29, 0.717) is 0 Å². The van der Waals surface area contributed by atoms with Crippen LogP contribution in [0.5, 0.6) is 0 Å². The van der Waals surface area contributed by atoms with Crippen molar-refractivity contribution in [3.8, 4) is 0 Å². The number of aliphatic hydroxyl groups excluding tert-OH is 2. The maximum atomic E-state index is 9.74. The standard InChI is InChI=1S/C19H25N2O2/c1-4-21(16(3)23)19-9-7-17(8-10-19)5-6-18-11-13-20(14-12-18)15(2)22/h5-16,22-23H,4H2,1-3H3/q+1. The summed E-state index contributed by atoms with van der Waals surface area (Å²) in [6, 6.07) is 12.0. The number of pyridine rings is 1. The van der Waals surface area contributed by atoms with Crippen LogP contribution in [0.3, 0.4) is 0 Å². The lowest BCUT2D eigenvalue weighted by Crippen LogP contribution is -2.36. The molecule has 0 fully saturated rings. The highest BCUT2D eigenvalue weighted by Gasteiger charge is 2.08. The van der Waals surface area contributed by atoms with Gasteiger partial charge in [0.15, 0.2) is 12.4 Å². The molecule has 4 heteroatoms. The molecule has 1 aromatic carbocycles. The van der Waals surface area contributed by atoms with Gasteiger partial charge < -0.3 is 15.1 Å². The van der Waals surface area contributed by atoms with Crippen molar-refractivity contribution in [1.29, 1.82) is 0 Å². The molecule has 2 unspecified atom stereocenters. The Bertz CT molecular complexity index is 631. The Morgan fingerprint density at radius 1 is 0.957 bits per heavy atom. The van der Waals surface area contributed by atoms with Crippen molar-refractivity contribution < 1.29 is 14.8 Å². The summed E-state index contributed by atoms with van der Waals surface area (Å²) in [7, 11) is 0. The SMILES string of the molecule is CCN(c1ccc(/C=C/c2cc[n+](C(C)O)cc2)cc1)C(C)O. The minimum atomic E-state index is -0.518. The molecule has 4 nitrogen and oxygen atoms in total. The van der Waals surface area contributed by atoms with Crippen LogP contribution in [-0.2, 0) is 0 Å². The van der Waals surface area contributed by atoms with E-state index in [4.69, 9.17) is 0 Å². The average Bonchev–Trinajstić information content (AvgIpc) is 2.55. The topological polar surface area (TPSA) is 47.6 Å². The number of aliphatic hydroxyl groups is 2. The third-order valence-corrected chi connectivity index (χ3v) is 3.79. The number of rotatable bonds is 6. The number of nitrogens with zero attached hydrogens (tertiary/aromatic N) is 2. The molecule has 0 aliphatic heterocycles. The molecular formula is C19H25N2O2+. The first-order valence-electron chi connectivity index (χ1n) is 7.93. The van der Waals surface area contributed by atoms with Gasteiger partial charge in [-0.1, -0.05) is 24.3 Å². The van der Waals surface area contributed by atoms with Gasteiger partial charge in [-0.2, -0.15) is 4.57 Å². The lowest BCUT2D eigenvalue weighted by molar-refractivity contribution is -0.755. The van der Waals surface area contributed by atoms with E-state index in [1.165, 1.54) is 0 Å². The first-order valence-corrected chi connectivity index (χ1v) is 7.93. The maximum absolute atomic E-state index is 9.74. The Hall–Kier alpha value is -2.17. The van der Waals surface area contributed by atoms with E-state index in [1.54, 1.807) is 18.4 Å². The van der Waals surface area contributed by atoms with E-state index in [2.05, 4.69) is 0 Å². The van der Waals surface area contributed by atoms with Crippen LogP contribution in [0.15, 0.2) is 48.8 Å². The van der Waals surface area contributed by atoms with Gasteiger partial charge in [-0.3, -0.25) is 0 Å². The van der Waals surface area contributed by atoms with Gasteiger partial charge in [-0.25, -0.2) is 0 Å². The van der Waals surface area contributed by atoms with Gasteiger partial charge in [0.1, 0.15) is 6.23 Å². The van der Waals surface area contributed by atoms with E-state index in [9.17, 15) is 10.2 Å². The minimum Gasteiger partial charge on any atom is -0.374 e. The molecule has 2 atom stereocenters. The molecule has 0 radical (unpaired) electrons. The highest BCUT2D eigenvalue weighted by Crippen LogP contribution is 2.18. The molecule has 1 aromatic heterocycles. The summed E-state index contributed by atoms with van der Waals surface area (Å²) in [6.07, 6.45) is 6.78. The summed E-state index contributed by atoms with van der Waals surface area (Å²) in [6.45, 7) is 6.28. The van der Waals surface area contributed by atoms with Crippen molar-refractivity contribution in [3.63, 3.8) is 0 Å². The lowest BCUT2D eigenvalue weighted by Gasteiger charge is -2.26. The number of hydrogen-bond donors (Lipinski definition) is 2. The first kappa shape index (κ1) is 17.2. The predicted molar refractivity (Wildman–Crippen MR) is 93.6 cm³/mol. The highest BCUT2D eigenvalue weighted by molar-refractivity contribution is 5.70. The van der Waals surface area contributed by atoms with Gasteiger partial charge in [0.25, 0.3) is 6.23 Å². The largest absolute Gasteiger partial charge is 0.374 e. The van der Waals surface area contributed by atoms with Crippen LogP contribution in [-0.4, -0.2) is 23.0 Å². The van der Waals surface area contributed by atoms with E-state index in [1.807, 2.05) is 72.8 Å². The quantitative estimate of drug-likeness (QED) is 0.637. The van der Waals surface area contributed by atoms with Gasteiger partial charge in [0, 0.05) is 31.3 Å². The Labute approximate surface area is 137 Å².